The minimum atomic E-state index is -0.133. The first-order chi connectivity index (χ1) is 8.99. The number of aryl methyl sites for hydroxylation is 1. The first-order valence-corrected chi connectivity index (χ1v) is 7.22. The van der Waals surface area contributed by atoms with Crippen molar-refractivity contribution < 1.29 is 0 Å². The van der Waals surface area contributed by atoms with Crippen molar-refractivity contribution in [3.63, 3.8) is 0 Å². The van der Waals surface area contributed by atoms with Crippen LogP contribution in [0.2, 0.25) is 0 Å². The van der Waals surface area contributed by atoms with Gasteiger partial charge in [0.05, 0.1) is 12.1 Å². The quantitative estimate of drug-likeness (QED) is 0.654. The van der Waals surface area contributed by atoms with Crippen LogP contribution < -0.4 is 11.3 Å². The molecular formula is C14H13IN2OS. The molecule has 2 N–H and O–H groups in total. The van der Waals surface area contributed by atoms with Crippen molar-refractivity contribution >= 4 is 39.8 Å². The Morgan fingerprint density at radius 2 is 1.89 bits per heavy atom. The average Bonchev–Trinajstić information content (AvgIpc) is 2.36. The molecule has 0 aliphatic rings. The highest BCUT2D eigenvalue weighted by Crippen LogP contribution is 2.09. The maximum Gasteiger partial charge on any atom is 0.261 e. The second-order valence-corrected chi connectivity index (χ2v) is 5.96. The van der Waals surface area contributed by atoms with Crippen LogP contribution in [0, 0.1) is 10.5 Å². The van der Waals surface area contributed by atoms with Gasteiger partial charge in [-0.3, -0.25) is 4.79 Å². The Hall–Kier alpha value is -1.21. The average molecular weight is 384 g/mol. The lowest BCUT2D eigenvalue weighted by Crippen LogP contribution is -2.30. The van der Waals surface area contributed by atoms with Crippen LogP contribution in [-0.2, 0) is 6.54 Å². The van der Waals surface area contributed by atoms with Crippen LogP contribution in [0.15, 0.2) is 41.2 Å². The molecule has 0 amide bonds. The Labute approximate surface area is 130 Å². The molecule has 0 saturated carbocycles. The van der Waals surface area contributed by atoms with Crippen molar-refractivity contribution in [3.05, 3.63) is 67.1 Å². The lowest BCUT2D eigenvalue weighted by atomic mass is 10.2. The second-order valence-electron chi connectivity index (χ2n) is 4.27. The highest BCUT2D eigenvalue weighted by molar-refractivity contribution is 14.1. The number of benzene rings is 1. The van der Waals surface area contributed by atoms with E-state index in [1.54, 1.807) is 10.6 Å². The lowest BCUT2D eigenvalue weighted by Gasteiger charge is -2.11. The van der Waals surface area contributed by atoms with Gasteiger partial charge in [-0.1, -0.05) is 24.4 Å². The zero-order valence-corrected chi connectivity index (χ0v) is 13.4. The number of hydrogen-bond acceptors (Lipinski definition) is 2. The third-order valence-electron chi connectivity index (χ3n) is 2.91. The molecule has 2 aromatic rings. The lowest BCUT2D eigenvalue weighted by molar-refractivity contribution is 0.728. The molecule has 0 radical (unpaired) electrons. The van der Waals surface area contributed by atoms with Gasteiger partial charge in [0.1, 0.15) is 4.99 Å². The molecule has 0 fully saturated rings. The molecule has 0 atom stereocenters. The Kier molecular flexibility index (Phi) is 4.36. The molecule has 0 bridgehead atoms. The number of nitrogens with two attached hydrogens (primary N) is 1. The molecule has 0 unspecified atom stereocenters. The third kappa shape index (κ3) is 3.22. The summed E-state index contributed by atoms with van der Waals surface area (Å²) in [6.45, 7) is 2.43. The predicted molar refractivity (Wildman–Crippen MR) is 89.6 cm³/mol. The molecule has 19 heavy (non-hydrogen) atoms. The van der Waals surface area contributed by atoms with E-state index in [1.807, 2.05) is 37.3 Å². The Morgan fingerprint density at radius 3 is 2.47 bits per heavy atom. The molecule has 0 spiro atoms. The van der Waals surface area contributed by atoms with Crippen molar-refractivity contribution in [2.24, 2.45) is 5.73 Å². The van der Waals surface area contributed by atoms with Crippen molar-refractivity contribution in [3.8, 4) is 0 Å². The number of hydrogen-bond donors (Lipinski definition) is 1. The summed E-state index contributed by atoms with van der Waals surface area (Å²) in [5.74, 6) is 0. The molecule has 1 aromatic heterocycles. The third-order valence-corrected chi connectivity index (χ3v) is 3.85. The number of thiocarbonyl (C=S) groups is 1. The Morgan fingerprint density at radius 1 is 1.26 bits per heavy atom. The van der Waals surface area contributed by atoms with Crippen LogP contribution in [-0.4, -0.2) is 9.56 Å². The molecule has 1 aromatic carbocycles. The molecule has 0 aliphatic carbocycles. The number of pyridine rings is 1. The zero-order valence-electron chi connectivity index (χ0n) is 10.4. The summed E-state index contributed by atoms with van der Waals surface area (Å²) in [5, 5.41) is 0. The molecule has 0 aliphatic heterocycles. The summed E-state index contributed by atoms with van der Waals surface area (Å²) in [4.78, 5) is 12.4. The fourth-order valence-corrected chi connectivity index (χ4v) is 2.34. The number of rotatable bonds is 3. The van der Waals surface area contributed by atoms with Gasteiger partial charge in [0.25, 0.3) is 5.56 Å². The van der Waals surface area contributed by atoms with E-state index in [9.17, 15) is 4.79 Å². The van der Waals surface area contributed by atoms with Gasteiger partial charge >= 0.3 is 0 Å². The van der Waals surface area contributed by atoms with Gasteiger partial charge < -0.3 is 10.3 Å². The maximum absolute atomic E-state index is 12.3. The van der Waals surface area contributed by atoms with Crippen LogP contribution in [0.5, 0.6) is 0 Å². The Balaban J connectivity index is 2.45. The van der Waals surface area contributed by atoms with Gasteiger partial charge in [-0.2, -0.15) is 0 Å². The predicted octanol–water partition coefficient (Wildman–Crippen LogP) is 2.44. The van der Waals surface area contributed by atoms with Crippen LogP contribution in [0.4, 0.5) is 0 Å². The first-order valence-electron chi connectivity index (χ1n) is 5.73. The van der Waals surface area contributed by atoms with E-state index in [0.717, 1.165) is 11.3 Å². The van der Waals surface area contributed by atoms with E-state index >= 15 is 0 Å². The SMILES string of the molecule is Cc1ccc(C(N)=S)c(=O)n1Cc1ccc(I)cc1. The summed E-state index contributed by atoms with van der Waals surface area (Å²) < 4.78 is 2.86. The first kappa shape index (κ1) is 14.2. The van der Waals surface area contributed by atoms with Crippen LogP contribution in [0.1, 0.15) is 16.8 Å². The van der Waals surface area contributed by atoms with Crippen LogP contribution >= 0.6 is 34.8 Å². The van der Waals surface area contributed by atoms with Gasteiger partial charge in [0.2, 0.25) is 0 Å². The van der Waals surface area contributed by atoms with Crippen molar-refractivity contribution in [1.82, 2.24) is 4.57 Å². The topological polar surface area (TPSA) is 48.0 Å². The monoisotopic (exact) mass is 384 g/mol. The van der Waals surface area contributed by atoms with Gasteiger partial charge in [-0.25, -0.2) is 0 Å². The maximum atomic E-state index is 12.3. The number of halogens is 1. The summed E-state index contributed by atoms with van der Waals surface area (Å²) in [5.41, 5.74) is 7.79. The molecule has 98 valence electrons. The minimum Gasteiger partial charge on any atom is -0.389 e. The van der Waals surface area contributed by atoms with Gasteiger partial charge in [-0.05, 0) is 59.3 Å². The summed E-state index contributed by atoms with van der Waals surface area (Å²) in [6.07, 6.45) is 0. The van der Waals surface area contributed by atoms with Gasteiger partial charge in [-0.15, -0.1) is 0 Å². The van der Waals surface area contributed by atoms with Crippen molar-refractivity contribution in [2.45, 2.75) is 13.5 Å². The van der Waals surface area contributed by atoms with Crippen molar-refractivity contribution in [1.29, 1.82) is 0 Å². The van der Waals surface area contributed by atoms with E-state index in [-0.39, 0.29) is 10.5 Å². The molecule has 2 rings (SSSR count). The molecule has 3 nitrogen and oxygen atoms in total. The molecule has 1 heterocycles. The van der Waals surface area contributed by atoms with E-state index < -0.39 is 0 Å². The highest BCUT2D eigenvalue weighted by Gasteiger charge is 2.08. The van der Waals surface area contributed by atoms with E-state index in [4.69, 9.17) is 18.0 Å². The summed E-state index contributed by atoms with van der Waals surface area (Å²) in [6, 6.07) is 11.6. The largest absolute Gasteiger partial charge is 0.389 e. The highest BCUT2D eigenvalue weighted by atomic mass is 127. The number of aromatic nitrogens is 1. The van der Waals surface area contributed by atoms with Gasteiger partial charge in [0.15, 0.2) is 0 Å². The van der Waals surface area contributed by atoms with Crippen LogP contribution in [0.3, 0.4) is 0 Å². The number of nitrogens with zero attached hydrogens (tertiary/aromatic N) is 1. The van der Waals surface area contributed by atoms with Gasteiger partial charge in [0, 0.05) is 9.26 Å². The molecule has 0 saturated heterocycles. The summed E-state index contributed by atoms with van der Waals surface area (Å²) in [7, 11) is 0. The normalized spacial score (nSPS) is 10.4. The van der Waals surface area contributed by atoms with E-state index in [1.165, 1.54) is 3.57 Å². The van der Waals surface area contributed by atoms with E-state index in [2.05, 4.69) is 22.6 Å². The van der Waals surface area contributed by atoms with Crippen LogP contribution in [0.25, 0.3) is 0 Å². The minimum absolute atomic E-state index is 0.133. The fraction of sp³-hybridized carbons (Fsp3) is 0.143. The van der Waals surface area contributed by atoms with Crippen molar-refractivity contribution in [2.75, 3.05) is 0 Å². The molecule has 5 heteroatoms. The zero-order chi connectivity index (χ0) is 14.0. The standard InChI is InChI=1S/C14H13IN2OS/c1-9-2-7-12(13(16)19)14(18)17(9)8-10-3-5-11(15)6-4-10/h2-7H,8H2,1H3,(H2,16,19). The fourth-order valence-electron chi connectivity index (χ4n) is 1.83. The summed E-state index contributed by atoms with van der Waals surface area (Å²) >= 11 is 7.15. The van der Waals surface area contributed by atoms with E-state index in [0.29, 0.717) is 12.1 Å². The molecular weight excluding hydrogens is 371 g/mol. The second kappa shape index (κ2) is 5.83. The Bertz CT molecular complexity index is 677. The smallest absolute Gasteiger partial charge is 0.261 e.